The largest absolute Gasteiger partial charge is 0.395 e. The van der Waals surface area contributed by atoms with E-state index < -0.39 is 30.1 Å². The SMILES string of the molecule is Cc1nc(F)ccc1C(Nc1cc(C#N)c2ncc(C#N)c(NCC(C)(C)C(F)(F)F)c2c1)c1cn(C23CC(C2)C3)nn1. The molecule has 0 saturated heterocycles. The molecule has 3 fully saturated rings. The monoisotopic (exact) mass is 589 g/mol. The number of nitriles is 2. The van der Waals surface area contributed by atoms with E-state index in [0.717, 1.165) is 39.0 Å². The van der Waals surface area contributed by atoms with Gasteiger partial charge in [0.25, 0.3) is 0 Å². The highest BCUT2D eigenvalue weighted by Gasteiger charge is 2.59. The summed E-state index contributed by atoms with van der Waals surface area (Å²) in [7, 11) is 0. The summed E-state index contributed by atoms with van der Waals surface area (Å²) in [6, 6.07) is 9.46. The number of fused-ring (bicyclic) bond motifs is 1. The topological polar surface area (TPSA) is 128 Å². The van der Waals surface area contributed by atoms with Crippen molar-refractivity contribution < 1.29 is 17.6 Å². The lowest BCUT2D eigenvalue weighted by Crippen LogP contribution is -2.59. The summed E-state index contributed by atoms with van der Waals surface area (Å²) in [6.07, 6.45) is 1.76. The minimum absolute atomic E-state index is 0.0163. The molecule has 3 aromatic heterocycles. The van der Waals surface area contributed by atoms with Crippen LogP contribution in [0.25, 0.3) is 10.9 Å². The summed E-state index contributed by atoms with van der Waals surface area (Å²) < 4.78 is 56.7. The van der Waals surface area contributed by atoms with Crippen LogP contribution in [0.4, 0.5) is 28.9 Å². The van der Waals surface area contributed by atoms with Gasteiger partial charge in [-0.1, -0.05) is 11.3 Å². The molecule has 0 amide bonds. The van der Waals surface area contributed by atoms with Crippen molar-refractivity contribution in [2.45, 2.75) is 57.8 Å². The Bertz CT molecular complexity index is 1810. The van der Waals surface area contributed by atoms with Gasteiger partial charge >= 0.3 is 6.18 Å². The number of rotatable bonds is 8. The third kappa shape index (κ3) is 4.79. The molecule has 9 nitrogen and oxygen atoms in total. The third-order valence-corrected chi connectivity index (χ3v) is 8.70. The van der Waals surface area contributed by atoms with Crippen molar-refractivity contribution in [2.75, 3.05) is 17.2 Å². The van der Waals surface area contributed by atoms with Crippen molar-refractivity contribution in [3.63, 3.8) is 0 Å². The van der Waals surface area contributed by atoms with E-state index in [9.17, 15) is 28.1 Å². The summed E-state index contributed by atoms with van der Waals surface area (Å²) in [6.45, 7) is 3.28. The predicted molar refractivity (Wildman–Crippen MR) is 149 cm³/mol. The van der Waals surface area contributed by atoms with Crippen LogP contribution in [0.5, 0.6) is 0 Å². The first-order chi connectivity index (χ1) is 20.3. The fourth-order valence-electron chi connectivity index (χ4n) is 5.83. The molecule has 3 heterocycles. The van der Waals surface area contributed by atoms with Crippen LogP contribution in [-0.4, -0.2) is 37.7 Å². The highest BCUT2D eigenvalue weighted by Crippen LogP contribution is 2.62. The summed E-state index contributed by atoms with van der Waals surface area (Å²) in [5.74, 6) is 0.0890. The van der Waals surface area contributed by atoms with E-state index in [4.69, 9.17) is 0 Å². The number of nitrogens with zero attached hydrogens (tertiary/aromatic N) is 7. The predicted octanol–water partition coefficient (Wildman–Crippen LogP) is 6.12. The molecule has 3 aliphatic rings. The van der Waals surface area contributed by atoms with Crippen LogP contribution in [0, 0.1) is 46.9 Å². The van der Waals surface area contributed by atoms with Gasteiger partial charge in [0.15, 0.2) is 0 Å². The Morgan fingerprint density at radius 3 is 2.44 bits per heavy atom. The van der Waals surface area contributed by atoms with Crippen LogP contribution in [0.1, 0.15) is 67.2 Å². The zero-order valence-electron chi connectivity index (χ0n) is 23.6. The van der Waals surface area contributed by atoms with Crippen LogP contribution >= 0.6 is 0 Å². The second-order valence-electron chi connectivity index (χ2n) is 12.1. The summed E-state index contributed by atoms with van der Waals surface area (Å²) in [5, 5.41) is 35.1. The first-order valence-electron chi connectivity index (χ1n) is 13.7. The van der Waals surface area contributed by atoms with Gasteiger partial charge in [-0.2, -0.15) is 28.1 Å². The minimum atomic E-state index is -4.49. The number of pyridine rings is 2. The molecule has 0 spiro atoms. The Morgan fingerprint density at radius 2 is 1.84 bits per heavy atom. The lowest BCUT2D eigenvalue weighted by molar-refractivity contribution is -0.206. The molecule has 0 radical (unpaired) electrons. The number of nitrogens with one attached hydrogen (secondary N) is 2. The molecule has 3 aliphatic carbocycles. The number of aryl methyl sites for hydroxylation is 1. The van der Waals surface area contributed by atoms with Crippen molar-refractivity contribution in [1.82, 2.24) is 25.0 Å². The number of aromatic nitrogens is 5. The van der Waals surface area contributed by atoms with Gasteiger partial charge in [0, 0.05) is 35.1 Å². The maximum Gasteiger partial charge on any atom is 0.395 e. The van der Waals surface area contributed by atoms with Gasteiger partial charge in [-0.05, 0) is 64.2 Å². The molecule has 3 saturated carbocycles. The highest BCUT2D eigenvalue weighted by molar-refractivity contribution is 5.99. The lowest BCUT2D eigenvalue weighted by Gasteiger charge is -2.61. The van der Waals surface area contributed by atoms with Gasteiger partial charge in [0.1, 0.15) is 17.8 Å². The van der Waals surface area contributed by atoms with E-state index in [1.807, 2.05) is 16.9 Å². The fraction of sp³-hybridized carbons (Fsp3) is 0.400. The Kier molecular flexibility index (Phi) is 6.53. The van der Waals surface area contributed by atoms with Crippen LogP contribution < -0.4 is 10.6 Å². The molecule has 2 N–H and O–H groups in total. The van der Waals surface area contributed by atoms with Gasteiger partial charge in [0.2, 0.25) is 5.95 Å². The number of hydrogen-bond acceptors (Lipinski definition) is 8. The Balaban J connectivity index is 1.44. The van der Waals surface area contributed by atoms with Crippen molar-refractivity contribution in [3.8, 4) is 12.1 Å². The Labute approximate surface area is 244 Å². The molecule has 1 atom stereocenters. The first-order valence-corrected chi connectivity index (χ1v) is 13.7. The van der Waals surface area contributed by atoms with Crippen LogP contribution in [0.15, 0.2) is 36.7 Å². The molecule has 4 aromatic rings. The molecular formula is C30H27F4N9. The van der Waals surface area contributed by atoms with E-state index in [-0.39, 0.29) is 27.9 Å². The molecule has 1 aromatic carbocycles. The molecular weight excluding hydrogens is 562 g/mol. The Morgan fingerprint density at radius 1 is 1.12 bits per heavy atom. The van der Waals surface area contributed by atoms with E-state index in [1.54, 1.807) is 25.1 Å². The zero-order valence-corrected chi connectivity index (χ0v) is 23.6. The van der Waals surface area contributed by atoms with Crippen LogP contribution in [-0.2, 0) is 5.54 Å². The summed E-state index contributed by atoms with van der Waals surface area (Å²) in [4.78, 5) is 8.25. The lowest BCUT2D eigenvalue weighted by atomic mass is 9.50. The normalized spacial score (nSPS) is 20.0. The Hall–Kier alpha value is -4.78. The average Bonchev–Trinajstić information content (AvgIpc) is 3.37. The van der Waals surface area contributed by atoms with Gasteiger partial charge in [0.05, 0.1) is 45.5 Å². The second-order valence-corrected chi connectivity index (χ2v) is 12.1. The fourth-order valence-corrected chi connectivity index (χ4v) is 5.83. The zero-order chi connectivity index (χ0) is 30.7. The van der Waals surface area contributed by atoms with Crippen molar-refractivity contribution >= 4 is 22.3 Å². The van der Waals surface area contributed by atoms with Gasteiger partial charge in [-0.15, -0.1) is 5.10 Å². The summed E-state index contributed by atoms with van der Waals surface area (Å²) >= 11 is 0. The average molecular weight is 590 g/mol. The molecule has 0 aliphatic heterocycles. The van der Waals surface area contributed by atoms with E-state index >= 15 is 0 Å². The van der Waals surface area contributed by atoms with Crippen LogP contribution in [0.3, 0.4) is 0 Å². The van der Waals surface area contributed by atoms with Crippen molar-refractivity contribution in [3.05, 3.63) is 70.7 Å². The standard InChI is InChI=1S/C30H27F4N9/c1-16-21(4-5-24(31)39-16)27(23-14-43(42-41-23)29-8-17(9-29)10-29)40-20-6-18(11-35)25-22(7-20)26(19(12-36)13-37-25)38-15-28(2,3)30(32,33)34/h4-7,13-14,17,27,40H,8-10,15H2,1-3H3,(H,37,38). The number of anilines is 2. The third-order valence-electron chi connectivity index (χ3n) is 8.70. The molecule has 220 valence electrons. The smallest absolute Gasteiger partial charge is 0.382 e. The van der Waals surface area contributed by atoms with Crippen LogP contribution in [0.2, 0.25) is 0 Å². The molecule has 1 unspecified atom stereocenters. The van der Waals surface area contributed by atoms with Gasteiger partial charge in [-0.25, -0.2) is 9.67 Å². The van der Waals surface area contributed by atoms with Gasteiger partial charge in [-0.3, -0.25) is 4.98 Å². The number of benzene rings is 1. The first kappa shape index (κ1) is 28.3. The number of hydrogen-bond donors (Lipinski definition) is 2. The van der Waals surface area contributed by atoms with Gasteiger partial charge < -0.3 is 10.6 Å². The van der Waals surface area contributed by atoms with E-state index in [0.29, 0.717) is 28.0 Å². The summed E-state index contributed by atoms with van der Waals surface area (Å²) in [5.41, 5.74) is 0.423. The molecule has 2 bridgehead atoms. The van der Waals surface area contributed by atoms with E-state index in [1.165, 1.54) is 12.3 Å². The minimum Gasteiger partial charge on any atom is -0.382 e. The van der Waals surface area contributed by atoms with E-state index in [2.05, 4.69) is 37.0 Å². The number of halogens is 4. The molecule has 13 heteroatoms. The quantitative estimate of drug-likeness (QED) is 0.186. The maximum atomic E-state index is 14.0. The highest BCUT2D eigenvalue weighted by atomic mass is 19.4. The van der Waals surface area contributed by atoms with Crippen molar-refractivity contribution in [2.24, 2.45) is 11.3 Å². The second kappa shape index (κ2) is 9.90. The van der Waals surface area contributed by atoms with Crippen molar-refractivity contribution in [1.29, 1.82) is 10.5 Å². The molecule has 43 heavy (non-hydrogen) atoms. The number of alkyl halides is 3. The molecule has 7 rings (SSSR count). The maximum absolute atomic E-state index is 14.0.